The van der Waals surface area contributed by atoms with E-state index in [1.807, 2.05) is 0 Å². The average Bonchev–Trinajstić information content (AvgIpc) is 2.56. The fourth-order valence-electron chi connectivity index (χ4n) is 3.89. The van der Waals surface area contributed by atoms with Gasteiger partial charge in [0.15, 0.2) is 0 Å². The molecule has 0 saturated carbocycles. The van der Waals surface area contributed by atoms with Crippen LogP contribution in [0, 0.1) is 0 Å². The standard InChI is InChI=1S/C17H22BrNO2/c18-15-12-6-4-9-20-16(12)14(13-7-1-2-8-19-13)11-5-3-10-21-17(11)15/h13,19H,1-10H2. The maximum atomic E-state index is 6.13. The highest BCUT2D eigenvalue weighted by molar-refractivity contribution is 9.10. The highest BCUT2D eigenvalue weighted by Gasteiger charge is 2.32. The molecule has 1 N–H and O–H groups in total. The monoisotopic (exact) mass is 351 g/mol. The van der Waals surface area contributed by atoms with Gasteiger partial charge in [-0.2, -0.15) is 0 Å². The number of hydrogen-bond donors (Lipinski definition) is 1. The van der Waals surface area contributed by atoms with E-state index in [9.17, 15) is 0 Å². The van der Waals surface area contributed by atoms with Gasteiger partial charge in [0.1, 0.15) is 11.5 Å². The number of nitrogens with one attached hydrogen (secondary N) is 1. The van der Waals surface area contributed by atoms with Crippen LogP contribution in [0.15, 0.2) is 4.47 Å². The van der Waals surface area contributed by atoms with Crippen LogP contribution >= 0.6 is 15.9 Å². The van der Waals surface area contributed by atoms with Crippen LogP contribution in [-0.2, 0) is 12.8 Å². The fraction of sp³-hybridized carbons (Fsp3) is 0.647. The summed E-state index contributed by atoms with van der Waals surface area (Å²) in [5.41, 5.74) is 4.11. The van der Waals surface area contributed by atoms with E-state index in [0.29, 0.717) is 6.04 Å². The Bertz CT molecular complexity index is 515. The van der Waals surface area contributed by atoms with Gasteiger partial charge in [0.25, 0.3) is 0 Å². The lowest BCUT2D eigenvalue weighted by Gasteiger charge is -2.34. The lowest BCUT2D eigenvalue weighted by atomic mass is 9.86. The number of fused-ring (bicyclic) bond motifs is 2. The van der Waals surface area contributed by atoms with Crippen LogP contribution in [0.25, 0.3) is 0 Å². The first kappa shape index (κ1) is 13.9. The summed E-state index contributed by atoms with van der Waals surface area (Å²) in [6, 6.07) is 0.439. The summed E-state index contributed by atoms with van der Waals surface area (Å²) in [6.45, 7) is 2.80. The van der Waals surface area contributed by atoms with Gasteiger partial charge in [0.05, 0.1) is 17.7 Å². The molecule has 0 spiro atoms. The van der Waals surface area contributed by atoms with Crippen molar-refractivity contribution in [3.8, 4) is 11.5 Å². The van der Waals surface area contributed by atoms with Crippen molar-refractivity contribution < 1.29 is 9.47 Å². The third-order valence-corrected chi connectivity index (χ3v) is 5.71. The van der Waals surface area contributed by atoms with E-state index in [-0.39, 0.29) is 0 Å². The summed E-state index contributed by atoms with van der Waals surface area (Å²) in [5.74, 6) is 2.24. The molecule has 1 saturated heterocycles. The lowest BCUT2D eigenvalue weighted by Crippen LogP contribution is -2.30. The molecule has 1 unspecified atom stereocenters. The Morgan fingerprint density at radius 2 is 1.67 bits per heavy atom. The zero-order valence-corrected chi connectivity index (χ0v) is 13.9. The number of halogens is 1. The molecule has 3 nitrogen and oxygen atoms in total. The van der Waals surface area contributed by atoms with E-state index in [0.717, 1.165) is 61.4 Å². The maximum Gasteiger partial charge on any atom is 0.137 e. The average molecular weight is 352 g/mol. The van der Waals surface area contributed by atoms with E-state index in [4.69, 9.17) is 9.47 Å². The summed E-state index contributed by atoms with van der Waals surface area (Å²) in [4.78, 5) is 0. The molecule has 4 heteroatoms. The number of benzene rings is 1. The van der Waals surface area contributed by atoms with E-state index in [1.54, 1.807) is 0 Å². The van der Waals surface area contributed by atoms with Crippen molar-refractivity contribution in [3.05, 3.63) is 21.2 Å². The summed E-state index contributed by atoms with van der Waals surface area (Å²) in [7, 11) is 0. The number of ether oxygens (including phenoxy) is 2. The summed E-state index contributed by atoms with van der Waals surface area (Å²) in [5, 5.41) is 3.70. The van der Waals surface area contributed by atoms with Gasteiger partial charge in [0.2, 0.25) is 0 Å². The SMILES string of the molecule is Brc1c2c(c(C3CCCCN3)c3c1OCCC3)OCCC2. The molecule has 0 aromatic heterocycles. The van der Waals surface area contributed by atoms with Crippen molar-refractivity contribution in [2.75, 3.05) is 19.8 Å². The number of rotatable bonds is 1. The minimum Gasteiger partial charge on any atom is -0.493 e. The van der Waals surface area contributed by atoms with Crippen LogP contribution in [0.2, 0.25) is 0 Å². The van der Waals surface area contributed by atoms with E-state index < -0.39 is 0 Å². The van der Waals surface area contributed by atoms with E-state index in [1.165, 1.54) is 36.0 Å². The highest BCUT2D eigenvalue weighted by atomic mass is 79.9. The first-order valence-electron chi connectivity index (χ1n) is 8.22. The Morgan fingerprint density at radius 1 is 0.905 bits per heavy atom. The van der Waals surface area contributed by atoms with Gasteiger partial charge >= 0.3 is 0 Å². The van der Waals surface area contributed by atoms with Crippen molar-refractivity contribution in [2.24, 2.45) is 0 Å². The minimum absolute atomic E-state index is 0.439. The van der Waals surface area contributed by atoms with Crippen molar-refractivity contribution >= 4 is 15.9 Å². The van der Waals surface area contributed by atoms with Crippen LogP contribution in [0.1, 0.15) is 54.8 Å². The van der Waals surface area contributed by atoms with Crippen molar-refractivity contribution in [1.29, 1.82) is 0 Å². The molecule has 0 radical (unpaired) electrons. The molecule has 114 valence electrons. The molecule has 1 aromatic carbocycles. The molecule has 1 aromatic rings. The molecule has 0 aliphatic carbocycles. The molecule has 21 heavy (non-hydrogen) atoms. The molecular formula is C17H22BrNO2. The second-order valence-corrected chi connectivity index (χ2v) is 7.04. The van der Waals surface area contributed by atoms with Gasteiger partial charge in [-0.3, -0.25) is 0 Å². The Balaban J connectivity index is 1.89. The minimum atomic E-state index is 0.439. The van der Waals surface area contributed by atoms with Gasteiger partial charge in [-0.05, 0) is 61.0 Å². The predicted octanol–water partition coefficient (Wildman–Crippen LogP) is 3.91. The van der Waals surface area contributed by atoms with E-state index >= 15 is 0 Å². The van der Waals surface area contributed by atoms with Crippen LogP contribution in [0.3, 0.4) is 0 Å². The number of piperidine rings is 1. The summed E-state index contributed by atoms with van der Waals surface area (Å²) in [6.07, 6.45) is 8.21. The van der Waals surface area contributed by atoms with Gasteiger partial charge in [-0.1, -0.05) is 6.42 Å². The number of hydrogen-bond acceptors (Lipinski definition) is 3. The Labute approximate surface area is 134 Å². The zero-order chi connectivity index (χ0) is 14.2. The molecule has 3 heterocycles. The zero-order valence-electron chi connectivity index (χ0n) is 12.3. The third kappa shape index (κ3) is 2.36. The van der Waals surface area contributed by atoms with Crippen LogP contribution in [0.4, 0.5) is 0 Å². The molecule has 1 atom stereocenters. The van der Waals surface area contributed by atoms with Gasteiger partial charge in [-0.25, -0.2) is 0 Å². The molecule has 4 rings (SSSR count). The summed E-state index contributed by atoms with van der Waals surface area (Å²) < 4.78 is 13.3. The second-order valence-electron chi connectivity index (χ2n) is 6.25. The second kappa shape index (κ2) is 5.81. The van der Waals surface area contributed by atoms with Crippen molar-refractivity contribution in [2.45, 2.75) is 51.0 Å². The molecule has 1 fully saturated rings. The molecular weight excluding hydrogens is 330 g/mol. The van der Waals surface area contributed by atoms with Crippen LogP contribution < -0.4 is 14.8 Å². The van der Waals surface area contributed by atoms with Crippen LogP contribution in [-0.4, -0.2) is 19.8 Å². The predicted molar refractivity (Wildman–Crippen MR) is 86.4 cm³/mol. The summed E-state index contributed by atoms with van der Waals surface area (Å²) >= 11 is 3.79. The van der Waals surface area contributed by atoms with Gasteiger partial charge in [0, 0.05) is 22.7 Å². The van der Waals surface area contributed by atoms with Crippen molar-refractivity contribution in [3.63, 3.8) is 0 Å². The molecule has 0 amide bonds. The Morgan fingerprint density at radius 3 is 2.43 bits per heavy atom. The van der Waals surface area contributed by atoms with Crippen molar-refractivity contribution in [1.82, 2.24) is 5.32 Å². The Hall–Kier alpha value is -0.740. The largest absolute Gasteiger partial charge is 0.493 e. The fourth-order valence-corrected chi connectivity index (χ4v) is 4.62. The van der Waals surface area contributed by atoms with Gasteiger partial charge in [-0.15, -0.1) is 0 Å². The Kier molecular flexibility index (Phi) is 3.84. The maximum absolute atomic E-state index is 6.13. The highest BCUT2D eigenvalue weighted by Crippen LogP contribution is 2.49. The quantitative estimate of drug-likeness (QED) is 0.831. The molecule has 0 bridgehead atoms. The van der Waals surface area contributed by atoms with Crippen LogP contribution in [0.5, 0.6) is 11.5 Å². The normalized spacial score (nSPS) is 24.5. The van der Waals surface area contributed by atoms with Gasteiger partial charge < -0.3 is 14.8 Å². The lowest BCUT2D eigenvalue weighted by molar-refractivity contribution is 0.260. The third-order valence-electron chi connectivity index (χ3n) is 4.88. The topological polar surface area (TPSA) is 30.5 Å². The van der Waals surface area contributed by atoms with E-state index in [2.05, 4.69) is 21.2 Å². The smallest absolute Gasteiger partial charge is 0.137 e. The molecule has 3 aliphatic heterocycles. The first-order valence-corrected chi connectivity index (χ1v) is 9.01. The molecule has 3 aliphatic rings. The first-order chi connectivity index (χ1) is 10.4.